The Hall–Kier alpha value is -1.40. The number of sulfonamides is 1. The number of rotatable bonds is 3. The Morgan fingerprint density at radius 1 is 1.24 bits per heavy atom. The van der Waals surface area contributed by atoms with Crippen LogP contribution in [0.3, 0.4) is 0 Å². The van der Waals surface area contributed by atoms with Gasteiger partial charge < -0.3 is 4.57 Å². The predicted molar refractivity (Wildman–Crippen MR) is 79.8 cm³/mol. The molecule has 0 atom stereocenters. The molecule has 1 aromatic heterocycles. The van der Waals surface area contributed by atoms with E-state index in [1.54, 1.807) is 12.1 Å². The van der Waals surface area contributed by atoms with Crippen molar-refractivity contribution in [3.05, 3.63) is 30.2 Å². The Balaban J connectivity index is 2.08. The van der Waals surface area contributed by atoms with E-state index in [0.29, 0.717) is 11.4 Å². The van der Waals surface area contributed by atoms with Crippen molar-refractivity contribution in [3.8, 4) is 0 Å². The van der Waals surface area contributed by atoms with Gasteiger partial charge in [0, 0.05) is 12.7 Å². The first kappa shape index (κ1) is 14.5. The molecule has 0 aliphatic heterocycles. The molecule has 1 heterocycles. The molecule has 0 radical (unpaired) electrons. The number of hydrogen-bond acceptors (Lipinski definition) is 2. The zero-order valence-corrected chi connectivity index (χ0v) is 12.6. The summed E-state index contributed by atoms with van der Waals surface area (Å²) < 4.78 is 39.3. The minimum Gasteiger partial charge on any atom is -0.346 e. The van der Waals surface area contributed by atoms with Gasteiger partial charge in [0.2, 0.25) is 10.0 Å². The Bertz CT molecular complexity index is 761. The standard InChI is InChI=1S/C15H19FN2O2S/c16-12-7-4-8-13-15(12)14(21(17,19)20)10-18(13)9-11-5-2-1-3-6-11/h4,7-8,10-11H,1-3,5-6,9H2,(H2,17,19,20). The first-order valence-electron chi connectivity index (χ1n) is 7.27. The van der Waals surface area contributed by atoms with E-state index in [1.165, 1.54) is 31.5 Å². The first-order valence-corrected chi connectivity index (χ1v) is 8.81. The van der Waals surface area contributed by atoms with E-state index in [0.717, 1.165) is 19.4 Å². The summed E-state index contributed by atoms with van der Waals surface area (Å²) in [6.07, 6.45) is 7.44. The van der Waals surface area contributed by atoms with Crippen LogP contribution in [-0.2, 0) is 16.6 Å². The molecule has 1 fully saturated rings. The van der Waals surface area contributed by atoms with E-state index in [1.807, 2.05) is 4.57 Å². The second-order valence-electron chi connectivity index (χ2n) is 5.83. The maximum Gasteiger partial charge on any atom is 0.240 e. The number of nitrogens with two attached hydrogens (primary N) is 1. The van der Waals surface area contributed by atoms with Crippen LogP contribution in [0.15, 0.2) is 29.3 Å². The van der Waals surface area contributed by atoms with Gasteiger partial charge >= 0.3 is 0 Å². The third kappa shape index (κ3) is 2.82. The lowest BCUT2D eigenvalue weighted by molar-refractivity contribution is 0.322. The van der Waals surface area contributed by atoms with Crippen molar-refractivity contribution >= 4 is 20.9 Å². The molecule has 1 aliphatic carbocycles. The minimum atomic E-state index is -3.93. The second kappa shape index (κ2) is 5.42. The second-order valence-corrected chi connectivity index (χ2v) is 7.36. The number of hydrogen-bond donors (Lipinski definition) is 1. The minimum absolute atomic E-state index is 0.107. The van der Waals surface area contributed by atoms with Crippen molar-refractivity contribution in [1.29, 1.82) is 0 Å². The van der Waals surface area contributed by atoms with Crippen LogP contribution in [0.25, 0.3) is 10.9 Å². The smallest absolute Gasteiger partial charge is 0.240 e. The number of fused-ring (bicyclic) bond motifs is 1. The lowest BCUT2D eigenvalue weighted by Gasteiger charge is -2.22. The fourth-order valence-electron chi connectivity index (χ4n) is 3.29. The van der Waals surface area contributed by atoms with E-state index < -0.39 is 15.8 Å². The van der Waals surface area contributed by atoms with Gasteiger partial charge in [0.1, 0.15) is 10.7 Å². The molecule has 21 heavy (non-hydrogen) atoms. The van der Waals surface area contributed by atoms with Gasteiger partial charge in [0.05, 0.1) is 10.9 Å². The molecule has 6 heteroatoms. The fourth-order valence-corrected chi connectivity index (χ4v) is 4.05. The molecule has 0 amide bonds. The molecule has 2 aromatic rings. The van der Waals surface area contributed by atoms with E-state index >= 15 is 0 Å². The van der Waals surface area contributed by atoms with Crippen molar-refractivity contribution < 1.29 is 12.8 Å². The number of nitrogens with zero attached hydrogens (tertiary/aromatic N) is 1. The van der Waals surface area contributed by atoms with Crippen molar-refractivity contribution in [1.82, 2.24) is 4.57 Å². The van der Waals surface area contributed by atoms with Gasteiger partial charge in [-0.1, -0.05) is 25.3 Å². The van der Waals surface area contributed by atoms with Gasteiger partial charge in [-0.2, -0.15) is 0 Å². The van der Waals surface area contributed by atoms with E-state index in [-0.39, 0.29) is 10.3 Å². The number of primary sulfonamides is 1. The van der Waals surface area contributed by atoms with Crippen LogP contribution in [0.2, 0.25) is 0 Å². The average molecular weight is 310 g/mol. The molecular weight excluding hydrogens is 291 g/mol. The summed E-state index contributed by atoms with van der Waals surface area (Å²) in [5.41, 5.74) is 0.601. The highest BCUT2D eigenvalue weighted by Gasteiger charge is 2.22. The molecule has 114 valence electrons. The maximum atomic E-state index is 14.0. The first-order chi connectivity index (χ1) is 9.97. The SMILES string of the molecule is NS(=O)(=O)c1cn(CC2CCCCC2)c2cccc(F)c12. The molecule has 1 saturated carbocycles. The molecule has 0 unspecified atom stereocenters. The van der Waals surface area contributed by atoms with Gasteiger partial charge in [-0.15, -0.1) is 0 Å². The van der Waals surface area contributed by atoms with Crippen LogP contribution in [0.1, 0.15) is 32.1 Å². The van der Waals surface area contributed by atoms with Crippen molar-refractivity contribution in [2.75, 3.05) is 0 Å². The summed E-state index contributed by atoms with van der Waals surface area (Å²) in [5.74, 6) is -0.0233. The van der Waals surface area contributed by atoms with E-state index in [4.69, 9.17) is 5.14 Å². The Labute approximate surface area is 123 Å². The Kier molecular flexibility index (Phi) is 3.75. The third-order valence-electron chi connectivity index (χ3n) is 4.31. The highest BCUT2D eigenvalue weighted by molar-refractivity contribution is 7.89. The average Bonchev–Trinajstić information content (AvgIpc) is 2.80. The van der Waals surface area contributed by atoms with Crippen LogP contribution >= 0.6 is 0 Å². The normalized spacial score (nSPS) is 17.4. The Morgan fingerprint density at radius 3 is 2.62 bits per heavy atom. The molecule has 3 rings (SSSR count). The lowest BCUT2D eigenvalue weighted by atomic mass is 9.89. The highest BCUT2D eigenvalue weighted by Crippen LogP contribution is 2.31. The van der Waals surface area contributed by atoms with Crippen molar-refractivity contribution in [2.45, 2.75) is 43.5 Å². The molecular formula is C15H19FN2O2S. The quantitative estimate of drug-likeness (QED) is 0.947. The zero-order chi connectivity index (χ0) is 15.0. The van der Waals surface area contributed by atoms with Gasteiger partial charge in [-0.3, -0.25) is 0 Å². The Morgan fingerprint density at radius 2 is 1.95 bits per heavy atom. The topological polar surface area (TPSA) is 65.1 Å². The zero-order valence-electron chi connectivity index (χ0n) is 11.8. The summed E-state index contributed by atoms with van der Waals surface area (Å²) in [6.45, 7) is 0.718. The van der Waals surface area contributed by atoms with Crippen LogP contribution in [0, 0.1) is 11.7 Å². The maximum absolute atomic E-state index is 14.0. The monoisotopic (exact) mass is 310 g/mol. The van der Waals surface area contributed by atoms with Gasteiger partial charge in [-0.25, -0.2) is 17.9 Å². The van der Waals surface area contributed by atoms with Crippen molar-refractivity contribution in [3.63, 3.8) is 0 Å². The number of halogens is 1. The summed E-state index contributed by atoms with van der Waals surface area (Å²) >= 11 is 0. The van der Waals surface area contributed by atoms with Crippen molar-refractivity contribution in [2.24, 2.45) is 11.1 Å². The summed E-state index contributed by atoms with van der Waals surface area (Å²) in [6, 6.07) is 4.61. The predicted octanol–water partition coefficient (Wildman–Crippen LogP) is 3.01. The summed E-state index contributed by atoms with van der Waals surface area (Å²) in [4.78, 5) is -0.119. The molecule has 4 nitrogen and oxygen atoms in total. The third-order valence-corrected chi connectivity index (χ3v) is 5.23. The van der Waals surface area contributed by atoms with E-state index in [9.17, 15) is 12.8 Å². The fraction of sp³-hybridized carbons (Fsp3) is 0.467. The molecule has 1 aliphatic rings. The molecule has 1 aromatic carbocycles. The summed E-state index contributed by atoms with van der Waals surface area (Å²) in [5, 5.41) is 5.34. The van der Waals surface area contributed by atoms with Gasteiger partial charge in [0.15, 0.2) is 0 Å². The van der Waals surface area contributed by atoms with Crippen LogP contribution in [-0.4, -0.2) is 13.0 Å². The van der Waals surface area contributed by atoms with E-state index in [2.05, 4.69) is 0 Å². The molecule has 0 saturated heterocycles. The van der Waals surface area contributed by atoms with Crippen LogP contribution in [0.4, 0.5) is 4.39 Å². The number of benzene rings is 1. The molecule has 0 bridgehead atoms. The number of aromatic nitrogens is 1. The largest absolute Gasteiger partial charge is 0.346 e. The van der Waals surface area contributed by atoms with Gasteiger partial charge in [0.25, 0.3) is 0 Å². The van der Waals surface area contributed by atoms with Crippen LogP contribution < -0.4 is 5.14 Å². The van der Waals surface area contributed by atoms with Gasteiger partial charge in [-0.05, 0) is 30.9 Å². The molecule has 2 N–H and O–H groups in total. The highest BCUT2D eigenvalue weighted by atomic mass is 32.2. The lowest BCUT2D eigenvalue weighted by Crippen LogP contribution is -2.14. The van der Waals surface area contributed by atoms with Crippen LogP contribution in [0.5, 0.6) is 0 Å². The summed E-state index contributed by atoms with van der Waals surface area (Å²) in [7, 11) is -3.93. The molecule has 0 spiro atoms.